The van der Waals surface area contributed by atoms with Crippen LogP contribution in [0.25, 0.3) is 5.76 Å². The molecule has 4 rings (SSSR count). The van der Waals surface area contributed by atoms with E-state index in [9.17, 15) is 14.7 Å². The van der Waals surface area contributed by atoms with Gasteiger partial charge in [-0.1, -0.05) is 28.1 Å². The van der Waals surface area contributed by atoms with Crippen LogP contribution in [0.1, 0.15) is 30.0 Å². The van der Waals surface area contributed by atoms with Gasteiger partial charge < -0.3 is 29.0 Å². The lowest BCUT2D eigenvalue weighted by Gasteiger charge is -2.28. The zero-order valence-corrected chi connectivity index (χ0v) is 20.8. The molecule has 180 valence electrons. The number of hydrogen-bond donors (Lipinski definition) is 1. The maximum atomic E-state index is 13.2. The average molecular weight is 532 g/mol. The molecule has 2 saturated heterocycles. The number of ketones is 1. The van der Waals surface area contributed by atoms with Gasteiger partial charge in [0.25, 0.3) is 11.7 Å². The third-order valence-corrected chi connectivity index (χ3v) is 6.61. The van der Waals surface area contributed by atoms with E-state index in [0.717, 1.165) is 17.3 Å². The van der Waals surface area contributed by atoms with Crippen LogP contribution in [0.2, 0.25) is 0 Å². The van der Waals surface area contributed by atoms with E-state index in [1.807, 2.05) is 0 Å². The molecule has 0 radical (unpaired) electrons. The molecule has 9 heteroatoms. The summed E-state index contributed by atoms with van der Waals surface area (Å²) >= 11 is 3.37. The molecule has 0 bridgehead atoms. The molecule has 1 amide bonds. The maximum absolute atomic E-state index is 13.2. The number of likely N-dealkylation sites (tertiary alicyclic amines) is 1. The normalized spacial score (nSPS) is 21.7. The fourth-order valence-corrected chi connectivity index (χ4v) is 4.71. The summed E-state index contributed by atoms with van der Waals surface area (Å²) in [4.78, 5) is 27.9. The lowest BCUT2D eigenvalue weighted by atomic mass is 9.94. The molecule has 0 spiro atoms. The van der Waals surface area contributed by atoms with Gasteiger partial charge in [-0.25, -0.2) is 0 Å². The van der Waals surface area contributed by atoms with Crippen molar-refractivity contribution in [3.63, 3.8) is 0 Å². The molecule has 2 unspecified atom stereocenters. The molecule has 2 aromatic rings. The van der Waals surface area contributed by atoms with Crippen molar-refractivity contribution in [3.8, 4) is 17.2 Å². The second-order valence-electron chi connectivity index (χ2n) is 8.05. The van der Waals surface area contributed by atoms with Crippen molar-refractivity contribution in [2.45, 2.75) is 25.0 Å². The Kier molecular flexibility index (Phi) is 7.13. The van der Waals surface area contributed by atoms with Crippen LogP contribution in [0.15, 0.2) is 46.4 Å². The van der Waals surface area contributed by atoms with Gasteiger partial charge in [0, 0.05) is 23.2 Å². The minimum Gasteiger partial charge on any atom is -0.507 e. The second-order valence-corrected chi connectivity index (χ2v) is 8.97. The molecule has 1 N–H and O–H groups in total. The SMILES string of the molecule is COc1cc(C2/C(=C(\O)c3ccc(Br)cc3)C(=O)C(=O)N2CC2CCCO2)cc(OC)c1OC. The summed E-state index contributed by atoms with van der Waals surface area (Å²) in [6.45, 7) is 0.839. The molecule has 2 aliphatic heterocycles. The van der Waals surface area contributed by atoms with Crippen molar-refractivity contribution in [2.75, 3.05) is 34.5 Å². The van der Waals surface area contributed by atoms with Gasteiger partial charge in [-0.15, -0.1) is 0 Å². The summed E-state index contributed by atoms with van der Waals surface area (Å²) in [5.41, 5.74) is 0.973. The zero-order valence-electron chi connectivity index (χ0n) is 19.2. The summed E-state index contributed by atoms with van der Waals surface area (Å²) < 4.78 is 23.0. The number of carbonyl (C=O) groups excluding carboxylic acids is 2. The van der Waals surface area contributed by atoms with E-state index < -0.39 is 17.7 Å². The Morgan fingerprint density at radius 2 is 1.74 bits per heavy atom. The Morgan fingerprint density at radius 1 is 1.09 bits per heavy atom. The van der Waals surface area contributed by atoms with Gasteiger partial charge in [0.05, 0.1) is 39.0 Å². The number of amides is 1. The highest BCUT2D eigenvalue weighted by Gasteiger charge is 2.47. The highest BCUT2D eigenvalue weighted by atomic mass is 79.9. The third kappa shape index (κ3) is 4.37. The number of rotatable bonds is 7. The molecule has 2 heterocycles. The molecule has 2 aromatic carbocycles. The standard InChI is InChI=1S/C25H26BrNO7/c1-31-18-11-15(12-19(32-2)24(18)33-3)21-20(22(28)14-6-8-16(26)9-7-14)23(29)25(30)27(21)13-17-5-4-10-34-17/h6-9,11-12,17,21,28H,4-5,10,13H2,1-3H3/b22-20+. The van der Waals surface area contributed by atoms with Gasteiger partial charge in [0.2, 0.25) is 5.75 Å². The first-order chi connectivity index (χ1) is 16.4. The van der Waals surface area contributed by atoms with Crippen molar-refractivity contribution in [1.82, 2.24) is 4.90 Å². The molecular weight excluding hydrogens is 506 g/mol. The van der Waals surface area contributed by atoms with E-state index in [4.69, 9.17) is 18.9 Å². The van der Waals surface area contributed by atoms with Crippen LogP contribution in [0, 0.1) is 0 Å². The van der Waals surface area contributed by atoms with Crippen molar-refractivity contribution < 1.29 is 33.6 Å². The number of halogens is 1. The maximum Gasteiger partial charge on any atom is 0.295 e. The Morgan fingerprint density at radius 3 is 2.26 bits per heavy atom. The fraction of sp³-hybridized carbons (Fsp3) is 0.360. The van der Waals surface area contributed by atoms with Crippen LogP contribution in [0.3, 0.4) is 0 Å². The van der Waals surface area contributed by atoms with Crippen molar-refractivity contribution in [3.05, 3.63) is 57.6 Å². The van der Waals surface area contributed by atoms with Crippen molar-refractivity contribution in [2.24, 2.45) is 0 Å². The number of hydrogen-bond acceptors (Lipinski definition) is 7. The molecule has 2 atom stereocenters. The van der Waals surface area contributed by atoms with E-state index in [1.165, 1.54) is 26.2 Å². The van der Waals surface area contributed by atoms with Gasteiger partial charge in [-0.3, -0.25) is 9.59 Å². The summed E-state index contributed by atoms with van der Waals surface area (Å²) in [6.07, 6.45) is 1.50. The predicted molar refractivity (Wildman–Crippen MR) is 128 cm³/mol. The summed E-state index contributed by atoms with van der Waals surface area (Å²) in [5.74, 6) is -0.548. The van der Waals surface area contributed by atoms with Gasteiger partial charge in [0.1, 0.15) is 5.76 Å². The number of benzene rings is 2. The molecule has 0 saturated carbocycles. The first kappa shape index (κ1) is 24.1. The Balaban J connectivity index is 1.90. The third-order valence-electron chi connectivity index (χ3n) is 6.08. The molecule has 8 nitrogen and oxygen atoms in total. The molecule has 34 heavy (non-hydrogen) atoms. The van der Waals surface area contributed by atoms with Crippen LogP contribution in [-0.2, 0) is 14.3 Å². The first-order valence-electron chi connectivity index (χ1n) is 10.9. The van der Waals surface area contributed by atoms with E-state index in [1.54, 1.807) is 36.4 Å². The number of ether oxygens (including phenoxy) is 4. The smallest absolute Gasteiger partial charge is 0.295 e. The topological polar surface area (TPSA) is 94.5 Å². The van der Waals surface area contributed by atoms with E-state index >= 15 is 0 Å². The fourth-order valence-electron chi connectivity index (χ4n) is 4.45. The minimum atomic E-state index is -0.860. The highest BCUT2D eigenvalue weighted by molar-refractivity contribution is 9.10. The minimum absolute atomic E-state index is 0.000377. The van der Waals surface area contributed by atoms with Gasteiger partial charge in [0.15, 0.2) is 11.5 Å². The monoisotopic (exact) mass is 531 g/mol. The number of carbonyl (C=O) groups is 2. The number of nitrogens with zero attached hydrogens (tertiary/aromatic N) is 1. The highest BCUT2D eigenvalue weighted by Crippen LogP contribution is 2.46. The average Bonchev–Trinajstić information content (AvgIpc) is 3.45. The summed E-state index contributed by atoms with van der Waals surface area (Å²) in [5, 5.41) is 11.2. The first-order valence-corrected chi connectivity index (χ1v) is 11.6. The van der Waals surface area contributed by atoms with Crippen LogP contribution in [0.4, 0.5) is 0 Å². The molecule has 0 aliphatic carbocycles. The van der Waals surface area contributed by atoms with Crippen LogP contribution >= 0.6 is 15.9 Å². The summed E-state index contributed by atoms with van der Waals surface area (Å²) in [6, 6.07) is 9.39. The van der Waals surface area contributed by atoms with Gasteiger partial charge >= 0.3 is 0 Å². The van der Waals surface area contributed by atoms with Crippen LogP contribution in [0.5, 0.6) is 17.2 Å². The van der Waals surface area contributed by atoms with Crippen LogP contribution in [-0.4, -0.2) is 62.3 Å². The largest absolute Gasteiger partial charge is 0.507 e. The molecular formula is C25H26BrNO7. The molecule has 0 aromatic heterocycles. The van der Waals surface area contributed by atoms with Crippen molar-refractivity contribution >= 4 is 33.4 Å². The number of aliphatic hydroxyl groups is 1. The quantitative estimate of drug-likeness (QED) is 0.326. The van der Waals surface area contributed by atoms with Crippen molar-refractivity contribution in [1.29, 1.82) is 0 Å². The molecule has 2 fully saturated rings. The van der Waals surface area contributed by atoms with E-state index in [2.05, 4.69) is 15.9 Å². The number of Topliss-reactive ketones (excluding diaryl/α,β-unsaturated/α-hetero) is 1. The lowest BCUT2D eigenvalue weighted by Crippen LogP contribution is -2.36. The Labute approximate surface area is 206 Å². The Hall–Kier alpha value is -3.04. The lowest BCUT2D eigenvalue weighted by molar-refractivity contribution is -0.140. The second kappa shape index (κ2) is 10.1. The molecule has 2 aliphatic rings. The summed E-state index contributed by atoms with van der Waals surface area (Å²) in [7, 11) is 4.48. The zero-order chi connectivity index (χ0) is 24.4. The predicted octanol–water partition coefficient (Wildman–Crippen LogP) is 4.08. The van der Waals surface area contributed by atoms with Crippen LogP contribution < -0.4 is 14.2 Å². The number of methoxy groups -OCH3 is 3. The van der Waals surface area contributed by atoms with Gasteiger partial charge in [-0.05, 0) is 42.7 Å². The van der Waals surface area contributed by atoms with E-state index in [0.29, 0.717) is 35.0 Å². The Bertz CT molecular complexity index is 1100. The number of aliphatic hydroxyl groups excluding tert-OH is 1. The van der Waals surface area contributed by atoms with E-state index in [-0.39, 0.29) is 24.0 Å². The van der Waals surface area contributed by atoms with Gasteiger partial charge in [-0.2, -0.15) is 0 Å².